The lowest BCUT2D eigenvalue weighted by atomic mass is 9.91. The molecule has 0 spiro atoms. The first-order chi connectivity index (χ1) is 11.3. The Labute approximate surface area is 148 Å². The van der Waals surface area contributed by atoms with Gasteiger partial charge in [0.2, 0.25) is 20.5 Å². The highest BCUT2D eigenvalue weighted by molar-refractivity contribution is 7.58. The average molecular weight is 375 g/mol. The fourth-order valence-electron chi connectivity index (χ4n) is 3.33. The Kier molecular flexibility index (Phi) is 7.42. The molecular weight excluding hydrogens is 349 g/mol. The molecular formula is C17H26ClNO4P+. The average Bonchev–Trinajstić information content (AvgIpc) is 2.49. The molecule has 1 aromatic rings. The molecule has 1 fully saturated rings. The summed E-state index contributed by atoms with van der Waals surface area (Å²) in [5.74, 6) is 0.277. The van der Waals surface area contributed by atoms with Gasteiger partial charge in [-0.3, -0.25) is 4.57 Å². The van der Waals surface area contributed by atoms with Crippen LogP contribution in [-0.2, 0) is 11.1 Å². The maximum Gasteiger partial charge on any atom is 0.218 e. The number of aliphatic hydroxyl groups excluding tert-OH is 1. The van der Waals surface area contributed by atoms with Crippen molar-refractivity contribution in [2.24, 2.45) is 5.92 Å². The van der Waals surface area contributed by atoms with Crippen LogP contribution in [0.5, 0.6) is 0 Å². The van der Waals surface area contributed by atoms with E-state index in [0.717, 1.165) is 31.2 Å². The van der Waals surface area contributed by atoms with Crippen LogP contribution < -0.4 is 0 Å². The van der Waals surface area contributed by atoms with Crippen molar-refractivity contribution in [1.82, 2.24) is 0 Å². The quantitative estimate of drug-likeness (QED) is 0.535. The third kappa shape index (κ3) is 7.02. The molecule has 2 N–H and O–H groups in total. The van der Waals surface area contributed by atoms with Crippen molar-refractivity contribution >= 4 is 19.0 Å². The van der Waals surface area contributed by atoms with E-state index in [0.29, 0.717) is 9.78 Å². The molecule has 5 nitrogen and oxygen atoms in total. The molecule has 1 aliphatic carbocycles. The van der Waals surface area contributed by atoms with Crippen molar-refractivity contribution in [1.29, 1.82) is 0 Å². The highest BCUT2D eigenvalue weighted by atomic mass is 35.5. The monoisotopic (exact) mass is 374 g/mol. The summed E-state index contributed by atoms with van der Waals surface area (Å²) in [4.78, 5) is 22.1. The highest BCUT2D eigenvalue weighted by Gasteiger charge is 2.30. The maximum atomic E-state index is 12.3. The van der Waals surface area contributed by atoms with Gasteiger partial charge in [-0.2, -0.15) is 0 Å². The van der Waals surface area contributed by atoms with Crippen LogP contribution in [0.15, 0.2) is 24.3 Å². The normalized spacial score (nSPS) is 19.6. The van der Waals surface area contributed by atoms with Crippen molar-refractivity contribution < 1.29 is 19.3 Å². The van der Waals surface area contributed by atoms with Crippen molar-refractivity contribution in [3.05, 3.63) is 39.8 Å². The number of aliphatic hydroxyl groups is 1. The van der Waals surface area contributed by atoms with E-state index in [2.05, 4.69) is 0 Å². The molecule has 0 aliphatic heterocycles. The topological polar surface area (TPSA) is 77.6 Å². The molecule has 0 aromatic heterocycles. The third-order valence-corrected chi connectivity index (χ3v) is 6.78. The number of rotatable bonds is 8. The Balaban J connectivity index is 1.78. The van der Waals surface area contributed by atoms with E-state index < -0.39 is 13.5 Å². The second kappa shape index (κ2) is 9.10. The molecule has 2 rings (SSSR count). The molecule has 0 heterocycles. The van der Waals surface area contributed by atoms with Gasteiger partial charge in [0.15, 0.2) is 0 Å². The summed E-state index contributed by atoms with van der Waals surface area (Å²) in [5.41, 5.74) is 0.788. The molecule has 0 bridgehead atoms. The maximum absolute atomic E-state index is 12.3. The number of hydrogen-bond acceptors (Lipinski definition) is 3. The van der Waals surface area contributed by atoms with E-state index in [9.17, 15) is 19.5 Å². The van der Waals surface area contributed by atoms with Crippen LogP contribution in [0.4, 0.5) is 0 Å². The van der Waals surface area contributed by atoms with Gasteiger partial charge in [-0.25, -0.2) is 0 Å². The second-order valence-electron chi connectivity index (χ2n) is 6.82. The molecule has 1 unspecified atom stereocenters. The van der Waals surface area contributed by atoms with Crippen molar-refractivity contribution in [2.45, 2.75) is 44.8 Å². The van der Waals surface area contributed by atoms with Gasteiger partial charge in [-0.1, -0.05) is 43.0 Å². The van der Waals surface area contributed by atoms with Gasteiger partial charge < -0.3 is 10.00 Å². The number of hydrogen-bond donors (Lipinski definition) is 2. The zero-order valence-corrected chi connectivity index (χ0v) is 15.5. The Morgan fingerprint density at radius 2 is 1.83 bits per heavy atom. The number of nitroso groups, excluding NO2 is 1. The van der Waals surface area contributed by atoms with Crippen LogP contribution in [-0.4, -0.2) is 39.7 Å². The molecule has 1 aliphatic rings. The zero-order chi connectivity index (χ0) is 17.6. The molecule has 1 aromatic carbocycles. The minimum Gasteiger partial charge on any atom is -0.386 e. The first-order valence-corrected chi connectivity index (χ1v) is 10.9. The van der Waals surface area contributed by atoms with Crippen molar-refractivity contribution in [3.8, 4) is 0 Å². The first-order valence-electron chi connectivity index (χ1n) is 8.49. The summed E-state index contributed by atoms with van der Waals surface area (Å²) in [6.45, 7) is -0.0512. The lowest BCUT2D eigenvalue weighted by molar-refractivity contribution is -0.571. The Hall–Kier alpha value is -0.740. The third-order valence-electron chi connectivity index (χ3n) is 4.45. The van der Waals surface area contributed by atoms with E-state index in [1.165, 1.54) is 6.42 Å². The minimum atomic E-state index is -3.40. The fraction of sp³-hybridized carbons (Fsp3) is 0.647. The Morgan fingerprint density at radius 1 is 1.21 bits per heavy atom. The number of benzene rings is 1. The van der Waals surface area contributed by atoms with Crippen LogP contribution >= 0.6 is 19.0 Å². The highest BCUT2D eigenvalue weighted by Crippen LogP contribution is 2.45. The van der Waals surface area contributed by atoms with Gasteiger partial charge in [-0.05, 0) is 30.9 Å². The van der Waals surface area contributed by atoms with Gasteiger partial charge in [-0.15, -0.1) is 0 Å². The van der Waals surface area contributed by atoms with E-state index in [4.69, 9.17) is 11.6 Å². The Bertz CT molecular complexity index is 587. The summed E-state index contributed by atoms with van der Waals surface area (Å²) in [7, 11) is -3.40. The molecule has 0 amide bonds. The van der Waals surface area contributed by atoms with Crippen molar-refractivity contribution in [2.75, 3.05) is 18.9 Å². The molecule has 2 atom stereocenters. The van der Waals surface area contributed by atoms with E-state index in [1.807, 2.05) is 0 Å². The van der Waals surface area contributed by atoms with Gasteiger partial charge in [0, 0.05) is 26.4 Å². The van der Waals surface area contributed by atoms with Crippen LogP contribution in [0.3, 0.4) is 0 Å². The summed E-state index contributed by atoms with van der Waals surface area (Å²) in [6, 6.07) is 6.90. The van der Waals surface area contributed by atoms with Crippen molar-refractivity contribution in [3.63, 3.8) is 0 Å². The summed E-state index contributed by atoms with van der Waals surface area (Å²) in [6.07, 6.45) is 4.38. The van der Waals surface area contributed by atoms with E-state index >= 15 is 0 Å². The number of halogens is 1. The molecule has 134 valence electrons. The van der Waals surface area contributed by atoms with E-state index in [-0.39, 0.29) is 31.3 Å². The lowest BCUT2D eigenvalue weighted by Crippen LogP contribution is -2.27. The van der Waals surface area contributed by atoms with Crippen LogP contribution in [0.2, 0.25) is 5.02 Å². The molecule has 0 radical (unpaired) electrons. The first kappa shape index (κ1) is 19.6. The van der Waals surface area contributed by atoms with E-state index in [1.54, 1.807) is 24.3 Å². The smallest absolute Gasteiger partial charge is 0.218 e. The van der Waals surface area contributed by atoms with Crippen LogP contribution in [0, 0.1) is 10.8 Å². The number of nitrogens with zero attached hydrogens (tertiary/aromatic N) is 1. The van der Waals surface area contributed by atoms with Gasteiger partial charge >= 0.3 is 0 Å². The van der Waals surface area contributed by atoms with Crippen LogP contribution in [0.1, 0.15) is 37.7 Å². The molecule has 7 heteroatoms. The summed E-state index contributed by atoms with van der Waals surface area (Å²) in [5, 5.41) is 10.6. The summed E-state index contributed by atoms with van der Waals surface area (Å²) < 4.78 is 13.0. The fourth-order valence-corrected chi connectivity index (χ4v) is 5.55. The lowest BCUT2D eigenvalue weighted by Gasteiger charge is -2.24. The molecule has 0 saturated heterocycles. The largest absolute Gasteiger partial charge is 0.386 e. The predicted molar refractivity (Wildman–Crippen MR) is 95.8 cm³/mol. The second-order valence-corrected chi connectivity index (χ2v) is 9.68. The SMILES string of the molecule is O=[N+](Cc1ccc(Cl)cc1)C[C@H](O)CP(=O)(O)CC1CCCCC1. The summed E-state index contributed by atoms with van der Waals surface area (Å²) >= 11 is 5.79. The molecule has 24 heavy (non-hydrogen) atoms. The molecule has 1 saturated carbocycles. The van der Waals surface area contributed by atoms with Gasteiger partial charge in [0.25, 0.3) is 0 Å². The minimum absolute atomic E-state index is 0.118. The van der Waals surface area contributed by atoms with Crippen LogP contribution in [0.25, 0.3) is 0 Å². The Morgan fingerprint density at radius 3 is 2.46 bits per heavy atom. The predicted octanol–water partition coefficient (Wildman–Crippen LogP) is 3.83. The van der Waals surface area contributed by atoms with Gasteiger partial charge in [0.05, 0.1) is 6.16 Å². The zero-order valence-electron chi connectivity index (χ0n) is 13.8. The standard InChI is InChI=1S/C17H25ClNO4P/c18-16-8-6-14(7-9-16)10-19(21)11-17(20)13-24(22,23)12-15-4-2-1-3-5-15/h6-9,15,17,20H,1-5,10-13H2/p+1/t17-/m0/s1. The van der Waals surface area contributed by atoms with Gasteiger partial charge in [0.1, 0.15) is 6.10 Å².